The molecule has 0 N–H and O–H groups in total. The lowest BCUT2D eigenvalue weighted by molar-refractivity contribution is -0.129. The summed E-state index contributed by atoms with van der Waals surface area (Å²) in [5, 5.41) is 0. The quantitative estimate of drug-likeness (QED) is 0.644. The second kappa shape index (κ2) is 3.65. The van der Waals surface area contributed by atoms with E-state index in [4.69, 9.17) is 0 Å². The van der Waals surface area contributed by atoms with Crippen LogP contribution in [0.15, 0.2) is 23.1 Å². The van der Waals surface area contributed by atoms with Crippen molar-refractivity contribution < 1.29 is 4.79 Å². The number of amides is 1. The molecule has 1 aromatic carbocycles. The minimum atomic E-state index is 0.158. The number of fused-ring (bicyclic) bond motifs is 1. The van der Waals surface area contributed by atoms with Gasteiger partial charge in [0.25, 0.3) is 0 Å². The molecule has 0 bridgehead atoms. The number of rotatable bonds is 0. The monoisotopic (exact) mass is 207 g/mol. The molecule has 0 saturated heterocycles. The first-order valence-corrected chi connectivity index (χ1v) is 5.18. The maximum Gasteiger partial charge on any atom is 0.219 e. The molecule has 14 heavy (non-hydrogen) atoms. The first kappa shape index (κ1) is 9.59. The summed E-state index contributed by atoms with van der Waals surface area (Å²) in [6.45, 7) is 3.20. The molecule has 0 saturated carbocycles. The number of hydrogen-bond acceptors (Lipinski definition) is 2. The van der Waals surface area contributed by atoms with Gasteiger partial charge in [0.15, 0.2) is 0 Å². The summed E-state index contributed by atoms with van der Waals surface area (Å²) in [7, 11) is 0. The minimum Gasteiger partial charge on any atom is -0.338 e. The van der Waals surface area contributed by atoms with E-state index in [0.717, 1.165) is 24.4 Å². The van der Waals surface area contributed by atoms with Crippen LogP contribution in [-0.4, -0.2) is 17.4 Å². The highest BCUT2D eigenvalue weighted by Crippen LogP contribution is 2.21. The largest absolute Gasteiger partial charge is 0.338 e. The summed E-state index contributed by atoms with van der Waals surface area (Å²) in [6, 6.07) is 6.13. The predicted octanol–water partition coefficient (Wildman–Crippen LogP) is 1.88. The highest BCUT2D eigenvalue weighted by Gasteiger charge is 2.17. The topological polar surface area (TPSA) is 20.3 Å². The van der Waals surface area contributed by atoms with Gasteiger partial charge in [-0.1, -0.05) is 6.07 Å². The van der Waals surface area contributed by atoms with Crippen molar-refractivity contribution in [1.29, 1.82) is 0 Å². The summed E-state index contributed by atoms with van der Waals surface area (Å²) < 4.78 is 0. The zero-order chi connectivity index (χ0) is 10.1. The van der Waals surface area contributed by atoms with Gasteiger partial charge in [0.2, 0.25) is 5.91 Å². The summed E-state index contributed by atoms with van der Waals surface area (Å²) in [4.78, 5) is 14.1. The molecule has 2 rings (SSSR count). The van der Waals surface area contributed by atoms with Gasteiger partial charge in [-0.2, -0.15) is 0 Å². The Labute approximate surface area is 89.3 Å². The number of nitrogens with zero attached hydrogens (tertiary/aromatic N) is 1. The summed E-state index contributed by atoms with van der Waals surface area (Å²) in [5.41, 5.74) is 2.58. The molecule has 1 aliphatic heterocycles. The Morgan fingerprint density at radius 3 is 2.93 bits per heavy atom. The molecule has 1 amide bonds. The zero-order valence-electron chi connectivity index (χ0n) is 8.16. The minimum absolute atomic E-state index is 0.158. The molecule has 3 heteroatoms. The highest BCUT2D eigenvalue weighted by atomic mass is 32.1. The molecule has 0 spiro atoms. The van der Waals surface area contributed by atoms with E-state index >= 15 is 0 Å². The van der Waals surface area contributed by atoms with Gasteiger partial charge in [0.1, 0.15) is 0 Å². The van der Waals surface area contributed by atoms with Crippen LogP contribution in [0.4, 0.5) is 0 Å². The Morgan fingerprint density at radius 2 is 2.21 bits per heavy atom. The third kappa shape index (κ3) is 1.77. The van der Waals surface area contributed by atoms with Crippen LogP contribution in [-0.2, 0) is 17.8 Å². The van der Waals surface area contributed by atoms with Crippen molar-refractivity contribution in [1.82, 2.24) is 4.90 Å². The zero-order valence-corrected chi connectivity index (χ0v) is 9.05. The van der Waals surface area contributed by atoms with E-state index in [0.29, 0.717) is 0 Å². The highest BCUT2D eigenvalue weighted by molar-refractivity contribution is 7.80. The number of thiol groups is 1. The van der Waals surface area contributed by atoms with Crippen LogP contribution < -0.4 is 0 Å². The Balaban J connectivity index is 2.27. The van der Waals surface area contributed by atoms with E-state index < -0.39 is 0 Å². The van der Waals surface area contributed by atoms with E-state index in [2.05, 4.69) is 24.8 Å². The lowest BCUT2D eigenvalue weighted by Gasteiger charge is -2.27. The lowest BCUT2D eigenvalue weighted by Crippen LogP contribution is -2.34. The van der Waals surface area contributed by atoms with Crippen molar-refractivity contribution in [2.75, 3.05) is 6.54 Å². The number of hydrogen-bond donors (Lipinski definition) is 1. The Hall–Kier alpha value is -0.960. The molecule has 0 aliphatic carbocycles. The smallest absolute Gasteiger partial charge is 0.219 e. The predicted molar refractivity (Wildman–Crippen MR) is 58.5 cm³/mol. The molecule has 0 radical (unpaired) electrons. The van der Waals surface area contributed by atoms with Crippen molar-refractivity contribution in [3.63, 3.8) is 0 Å². The Morgan fingerprint density at radius 1 is 1.43 bits per heavy atom. The van der Waals surface area contributed by atoms with Gasteiger partial charge in [-0.3, -0.25) is 4.79 Å². The van der Waals surface area contributed by atoms with Gasteiger partial charge >= 0.3 is 0 Å². The van der Waals surface area contributed by atoms with Gasteiger partial charge < -0.3 is 4.90 Å². The molecule has 0 unspecified atom stereocenters. The first-order chi connectivity index (χ1) is 6.66. The maximum atomic E-state index is 11.2. The fourth-order valence-electron chi connectivity index (χ4n) is 1.81. The average molecular weight is 207 g/mol. The van der Waals surface area contributed by atoms with Crippen molar-refractivity contribution in [3.05, 3.63) is 29.3 Å². The van der Waals surface area contributed by atoms with E-state index in [1.165, 1.54) is 11.1 Å². The molecule has 0 atom stereocenters. The van der Waals surface area contributed by atoms with Gasteiger partial charge in [-0.25, -0.2) is 0 Å². The number of benzene rings is 1. The Bertz CT molecular complexity index is 376. The van der Waals surface area contributed by atoms with E-state index in [1.54, 1.807) is 6.92 Å². The van der Waals surface area contributed by atoms with Crippen molar-refractivity contribution in [2.24, 2.45) is 0 Å². The van der Waals surface area contributed by atoms with Crippen molar-refractivity contribution in [2.45, 2.75) is 24.8 Å². The summed E-state index contributed by atoms with van der Waals surface area (Å²) >= 11 is 4.30. The molecule has 0 aromatic heterocycles. The molecule has 1 aliphatic rings. The maximum absolute atomic E-state index is 11.2. The molecular weight excluding hydrogens is 194 g/mol. The van der Waals surface area contributed by atoms with Crippen molar-refractivity contribution >= 4 is 18.5 Å². The van der Waals surface area contributed by atoms with E-state index in [9.17, 15) is 4.79 Å². The molecule has 1 aromatic rings. The first-order valence-electron chi connectivity index (χ1n) is 4.73. The standard InChI is InChI=1S/C11H13NOS/c1-8(13)12-5-4-9-6-11(14)3-2-10(9)7-12/h2-3,6,14H,4-5,7H2,1H3. The van der Waals surface area contributed by atoms with Crippen LogP contribution >= 0.6 is 12.6 Å². The van der Waals surface area contributed by atoms with Gasteiger partial charge in [-0.05, 0) is 29.7 Å². The SMILES string of the molecule is CC(=O)N1CCc2cc(S)ccc2C1. The fourth-order valence-corrected chi connectivity index (χ4v) is 2.04. The fraction of sp³-hybridized carbons (Fsp3) is 0.364. The van der Waals surface area contributed by atoms with E-state index in [1.807, 2.05) is 11.0 Å². The molecule has 0 fully saturated rings. The molecule has 1 heterocycles. The second-order valence-electron chi connectivity index (χ2n) is 3.64. The van der Waals surface area contributed by atoms with Crippen LogP contribution in [0.1, 0.15) is 18.1 Å². The summed E-state index contributed by atoms with van der Waals surface area (Å²) in [6.07, 6.45) is 0.948. The van der Waals surface area contributed by atoms with Crippen molar-refractivity contribution in [3.8, 4) is 0 Å². The van der Waals surface area contributed by atoms with Gasteiger partial charge in [-0.15, -0.1) is 12.6 Å². The molecule has 2 nitrogen and oxygen atoms in total. The molecule has 74 valence electrons. The third-order valence-electron chi connectivity index (χ3n) is 2.65. The van der Waals surface area contributed by atoms with Gasteiger partial charge in [0.05, 0.1) is 0 Å². The average Bonchev–Trinajstić information content (AvgIpc) is 2.16. The van der Waals surface area contributed by atoms with Crippen LogP contribution in [0.3, 0.4) is 0 Å². The van der Waals surface area contributed by atoms with Crippen LogP contribution in [0.2, 0.25) is 0 Å². The van der Waals surface area contributed by atoms with Crippen LogP contribution in [0.25, 0.3) is 0 Å². The number of carbonyl (C=O) groups is 1. The molecular formula is C11H13NOS. The third-order valence-corrected chi connectivity index (χ3v) is 2.93. The van der Waals surface area contributed by atoms with E-state index in [-0.39, 0.29) is 5.91 Å². The summed E-state index contributed by atoms with van der Waals surface area (Å²) in [5.74, 6) is 0.158. The van der Waals surface area contributed by atoms with Crippen LogP contribution in [0.5, 0.6) is 0 Å². The lowest BCUT2D eigenvalue weighted by atomic mass is 10.00. The normalized spacial score (nSPS) is 15.1. The van der Waals surface area contributed by atoms with Crippen LogP contribution in [0, 0.1) is 0 Å². The number of carbonyl (C=O) groups excluding carboxylic acids is 1. The van der Waals surface area contributed by atoms with Gasteiger partial charge in [0, 0.05) is 24.9 Å². The second-order valence-corrected chi connectivity index (χ2v) is 4.16. The Kier molecular flexibility index (Phi) is 2.50.